The van der Waals surface area contributed by atoms with Crippen LogP contribution in [0.25, 0.3) is 0 Å². The highest BCUT2D eigenvalue weighted by molar-refractivity contribution is 6.30. The number of carboxylic acid groups (broad SMARTS) is 1. The lowest BCUT2D eigenvalue weighted by Crippen LogP contribution is -2.40. The van der Waals surface area contributed by atoms with Gasteiger partial charge in [0.1, 0.15) is 6.04 Å². The fraction of sp³-hybridized carbons (Fsp3) is 0.333. The molecule has 0 aliphatic heterocycles. The number of benzene rings is 1. The highest BCUT2D eigenvalue weighted by Crippen LogP contribution is 2.10. The van der Waals surface area contributed by atoms with Crippen molar-refractivity contribution in [3.63, 3.8) is 0 Å². The van der Waals surface area contributed by atoms with Gasteiger partial charge in [-0.25, -0.2) is 0 Å². The molecule has 1 aromatic rings. The summed E-state index contributed by atoms with van der Waals surface area (Å²) in [5.41, 5.74) is 0.525. The summed E-state index contributed by atoms with van der Waals surface area (Å²) >= 11 is 5.70. The van der Waals surface area contributed by atoms with E-state index in [4.69, 9.17) is 21.8 Å². The van der Waals surface area contributed by atoms with Crippen molar-refractivity contribution in [3.8, 4) is 0 Å². The van der Waals surface area contributed by atoms with Crippen LogP contribution in [0.3, 0.4) is 0 Å². The molecule has 0 spiro atoms. The van der Waals surface area contributed by atoms with Crippen molar-refractivity contribution in [2.24, 2.45) is 0 Å². The number of ketones is 1. The molecule has 1 aromatic carbocycles. The summed E-state index contributed by atoms with van der Waals surface area (Å²) in [5, 5.41) is 20.6. The second kappa shape index (κ2) is 7.10. The van der Waals surface area contributed by atoms with E-state index in [9.17, 15) is 9.59 Å². The van der Waals surface area contributed by atoms with E-state index < -0.39 is 18.6 Å². The van der Waals surface area contributed by atoms with Crippen molar-refractivity contribution in [2.45, 2.75) is 12.5 Å². The van der Waals surface area contributed by atoms with Crippen molar-refractivity contribution in [1.82, 2.24) is 5.32 Å². The van der Waals surface area contributed by atoms with Crippen LogP contribution in [0.15, 0.2) is 24.3 Å². The maximum absolute atomic E-state index is 11.7. The lowest BCUT2D eigenvalue weighted by Gasteiger charge is -2.10. The molecule has 0 bridgehead atoms. The lowest BCUT2D eigenvalue weighted by molar-refractivity contribution is -0.140. The van der Waals surface area contributed by atoms with E-state index in [1.54, 1.807) is 24.3 Å². The van der Waals surface area contributed by atoms with Gasteiger partial charge in [-0.1, -0.05) is 11.6 Å². The summed E-state index contributed by atoms with van der Waals surface area (Å²) < 4.78 is 0. The number of aliphatic hydroxyl groups excluding tert-OH is 1. The Bertz CT molecular complexity index is 419. The molecule has 0 saturated carbocycles. The van der Waals surface area contributed by atoms with Crippen LogP contribution < -0.4 is 5.32 Å². The molecule has 6 heteroatoms. The van der Waals surface area contributed by atoms with Gasteiger partial charge >= 0.3 is 5.97 Å². The minimum Gasteiger partial charge on any atom is -0.480 e. The highest BCUT2D eigenvalue weighted by atomic mass is 35.5. The van der Waals surface area contributed by atoms with Crippen molar-refractivity contribution >= 4 is 23.4 Å². The van der Waals surface area contributed by atoms with Gasteiger partial charge in [-0.15, -0.1) is 0 Å². The van der Waals surface area contributed by atoms with Crippen LogP contribution in [-0.2, 0) is 4.79 Å². The molecule has 0 saturated heterocycles. The fourth-order valence-electron chi connectivity index (χ4n) is 1.37. The number of carboxylic acids is 1. The molecule has 0 radical (unpaired) electrons. The predicted octanol–water partition coefficient (Wildman–Crippen LogP) is 0.948. The Kier molecular flexibility index (Phi) is 5.77. The molecular weight excluding hydrogens is 258 g/mol. The first-order valence-electron chi connectivity index (χ1n) is 5.40. The maximum atomic E-state index is 11.7. The summed E-state index contributed by atoms with van der Waals surface area (Å²) in [4.78, 5) is 22.3. The van der Waals surface area contributed by atoms with E-state index in [0.717, 1.165) is 0 Å². The zero-order valence-electron chi connectivity index (χ0n) is 9.60. The molecule has 98 valence electrons. The largest absolute Gasteiger partial charge is 0.480 e. The number of hydrogen-bond donors (Lipinski definition) is 3. The zero-order valence-corrected chi connectivity index (χ0v) is 10.4. The molecule has 0 aromatic heterocycles. The molecule has 0 fully saturated rings. The summed E-state index contributed by atoms with van der Waals surface area (Å²) in [7, 11) is 0. The normalized spacial score (nSPS) is 12.1. The monoisotopic (exact) mass is 271 g/mol. The van der Waals surface area contributed by atoms with Gasteiger partial charge in [-0.2, -0.15) is 0 Å². The Morgan fingerprint density at radius 2 is 1.89 bits per heavy atom. The summed E-state index contributed by atoms with van der Waals surface area (Å²) in [6.07, 6.45) is 0.158. The van der Waals surface area contributed by atoms with Crippen LogP contribution in [0.5, 0.6) is 0 Å². The molecule has 18 heavy (non-hydrogen) atoms. The second-order valence-corrected chi connectivity index (χ2v) is 4.14. The molecule has 1 atom stereocenters. The van der Waals surface area contributed by atoms with Crippen LogP contribution in [-0.4, -0.2) is 41.2 Å². The first-order chi connectivity index (χ1) is 8.54. The molecule has 0 amide bonds. The number of aliphatic carboxylic acids is 1. The van der Waals surface area contributed by atoms with E-state index in [1.807, 2.05) is 0 Å². The van der Waals surface area contributed by atoms with Crippen molar-refractivity contribution < 1.29 is 19.8 Å². The Morgan fingerprint density at radius 1 is 1.28 bits per heavy atom. The van der Waals surface area contributed by atoms with Crippen molar-refractivity contribution in [1.29, 1.82) is 0 Å². The van der Waals surface area contributed by atoms with Gasteiger partial charge in [0, 0.05) is 23.6 Å². The lowest BCUT2D eigenvalue weighted by atomic mass is 10.1. The highest BCUT2D eigenvalue weighted by Gasteiger charge is 2.15. The molecule has 0 heterocycles. The first kappa shape index (κ1) is 14.6. The van der Waals surface area contributed by atoms with E-state index in [-0.39, 0.29) is 18.7 Å². The standard InChI is InChI=1S/C12H14ClNO4/c13-9-3-1-8(2-4-9)11(16)5-6-14-10(7-15)12(17)18/h1-4,10,14-15H,5-7H2,(H,17,18). The third kappa shape index (κ3) is 4.44. The SMILES string of the molecule is O=C(CCNC(CO)C(=O)O)c1ccc(Cl)cc1. The zero-order chi connectivity index (χ0) is 13.5. The van der Waals surface area contributed by atoms with Gasteiger partial charge in [-0.05, 0) is 24.3 Å². The van der Waals surface area contributed by atoms with E-state index in [1.165, 1.54) is 0 Å². The number of Topliss-reactive ketones (excluding diaryl/α,β-unsaturated/α-hetero) is 1. The van der Waals surface area contributed by atoms with Gasteiger partial charge in [0.2, 0.25) is 0 Å². The average molecular weight is 272 g/mol. The van der Waals surface area contributed by atoms with Crippen LogP contribution in [0.1, 0.15) is 16.8 Å². The summed E-state index contributed by atoms with van der Waals surface area (Å²) in [5.74, 6) is -1.25. The Morgan fingerprint density at radius 3 is 2.39 bits per heavy atom. The van der Waals surface area contributed by atoms with E-state index >= 15 is 0 Å². The van der Waals surface area contributed by atoms with Crippen molar-refractivity contribution in [2.75, 3.05) is 13.2 Å². The van der Waals surface area contributed by atoms with Crippen LogP contribution in [0, 0.1) is 0 Å². The van der Waals surface area contributed by atoms with Crippen LogP contribution >= 0.6 is 11.6 Å². The summed E-state index contributed by atoms with van der Waals surface area (Å²) in [6, 6.07) is 5.44. The average Bonchev–Trinajstić information content (AvgIpc) is 2.34. The molecule has 1 rings (SSSR count). The van der Waals surface area contributed by atoms with Gasteiger partial charge in [-0.3, -0.25) is 9.59 Å². The number of carbonyl (C=O) groups excluding carboxylic acids is 1. The maximum Gasteiger partial charge on any atom is 0.323 e. The minimum atomic E-state index is -1.14. The number of carbonyl (C=O) groups is 2. The van der Waals surface area contributed by atoms with Crippen LogP contribution in [0.4, 0.5) is 0 Å². The Balaban J connectivity index is 2.42. The number of hydrogen-bond acceptors (Lipinski definition) is 4. The Hall–Kier alpha value is -1.43. The molecule has 1 unspecified atom stereocenters. The second-order valence-electron chi connectivity index (χ2n) is 3.71. The molecule has 0 aliphatic rings. The third-order valence-corrected chi connectivity index (χ3v) is 2.64. The quantitative estimate of drug-likeness (QED) is 0.643. The summed E-state index contributed by atoms with van der Waals surface area (Å²) in [6.45, 7) is -0.316. The Labute approximate surface area is 109 Å². The van der Waals surface area contributed by atoms with Gasteiger partial charge < -0.3 is 15.5 Å². The van der Waals surface area contributed by atoms with Crippen LogP contribution in [0.2, 0.25) is 5.02 Å². The minimum absolute atomic E-state index is 0.110. The number of halogens is 1. The van der Waals surface area contributed by atoms with Crippen molar-refractivity contribution in [3.05, 3.63) is 34.9 Å². The van der Waals surface area contributed by atoms with E-state index in [2.05, 4.69) is 5.32 Å². The topological polar surface area (TPSA) is 86.6 Å². The van der Waals surface area contributed by atoms with E-state index in [0.29, 0.717) is 10.6 Å². The molecule has 5 nitrogen and oxygen atoms in total. The number of rotatable bonds is 7. The number of nitrogens with one attached hydrogen (secondary N) is 1. The molecular formula is C12H14ClNO4. The smallest absolute Gasteiger partial charge is 0.323 e. The predicted molar refractivity (Wildman–Crippen MR) is 66.9 cm³/mol. The van der Waals surface area contributed by atoms with Gasteiger partial charge in [0.25, 0.3) is 0 Å². The molecule has 0 aliphatic carbocycles. The van der Waals surface area contributed by atoms with Gasteiger partial charge in [0.05, 0.1) is 6.61 Å². The fourth-order valence-corrected chi connectivity index (χ4v) is 1.50. The number of aliphatic hydroxyl groups is 1. The first-order valence-corrected chi connectivity index (χ1v) is 5.78. The third-order valence-electron chi connectivity index (χ3n) is 2.39. The molecule has 3 N–H and O–H groups in total. The van der Waals surface area contributed by atoms with Gasteiger partial charge in [0.15, 0.2) is 5.78 Å².